The smallest absolute Gasteiger partial charge is 0.0866 e. The maximum absolute atomic E-state index is 8.57. The van der Waals surface area contributed by atoms with Crippen LogP contribution >= 0.6 is 0 Å². The quantitative estimate of drug-likeness (QED) is 0.661. The Morgan fingerprint density at radius 3 is 2.57 bits per heavy atom. The minimum absolute atomic E-state index is 0.531. The highest BCUT2D eigenvalue weighted by Crippen LogP contribution is 2.00. The maximum Gasteiger partial charge on any atom is 0.0866 e. The fourth-order valence-corrected chi connectivity index (χ4v) is 1.38. The van der Waals surface area contributed by atoms with Crippen molar-refractivity contribution in [1.29, 1.82) is 5.26 Å². The number of nitriles is 1. The van der Waals surface area contributed by atoms with E-state index in [2.05, 4.69) is 42.2 Å². The molecule has 1 aromatic carbocycles. The Balaban J connectivity index is 2.36. The van der Waals surface area contributed by atoms with Crippen molar-refractivity contribution in [3.05, 3.63) is 35.9 Å². The van der Waals surface area contributed by atoms with Crippen molar-refractivity contribution in [3.8, 4) is 6.07 Å². The molecule has 0 unspecified atom stereocenters. The van der Waals surface area contributed by atoms with E-state index in [1.165, 1.54) is 5.56 Å². The van der Waals surface area contributed by atoms with E-state index >= 15 is 0 Å². The number of benzene rings is 1. The molecule has 74 valence electrons. The van der Waals surface area contributed by atoms with Gasteiger partial charge in [-0.05, 0) is 18.5 Å². The molecule has 0 radical (unpaired) electrons. The molecular weight excluding hydrogens is 172 g/mol. The molecular formula is C12H16N2. The number of nitrogens with zero attached hydrogens (tertiary/aromatic N) is 2. The average molecular weight is 188 g/mol. The zero-order valence-electron chi connectivity index (χ0n) is 8.61. The zero-order valence-corrected chi connectivity index (χ0v) is 8.61. The van der Waals surface area contributed by atoms with Crippen molar-refractivity contribution < 1.29 is 0 Å². The van der Waals surface area contributed by atoms with Crippen LogP contribution in [0, 0.1) is 11.3 Å². The molecule has 0 heterocycles. The summed E-state index contributed by atoms with van der Waals surface area (Å²) in [7, 11) is 0. The van der Waals surface area contributed by atoms with Gasteiger partial charge in [0.15, 0.2) is 0 Å². The van der Waals surface area contributed by atoms with Gasteiger partial charge in [-0.1, -0.05) is 37.3 Å². The highest BCUT2D eigenvalue weighted by molar-refractivity contribution is 5.14. The van der Waals surface area contributed by atoms with Crippen molar-refractivity contribution in [2.75, 3.05) is 19.6 Å². The molecule has 0 bridgehead atoms. The molecule has 0 aromatic heterocycles. The third-order valence-corrected chi connectivity index (χ3v) is 2.30. The van der Waals surface area contributed by atoms with E-state index < -0.39 is 0 Å². The molecule has 1 rings (SSSR count). The lowest BCUT2D eigenvalue weighted by Crippen LogP contribution is -2.26. The largest absolute Gasteiger partial charge is 0.291 e. The Hall–Kier alpha value is -1.33. The standard InChI is InChI=1S/C12H16N2/c1-2-14(11-9-13)10-8-12-6-4-3-5-7-12/h3-7H,2,8,10-11H2,1H3. The van der Waals surface area contributed by atoms with Crippen molar-refractivity contribution in [2.24, 2.45) is 0 Å². The number of rotatable bonds is 5. The molecule has 0 saturated carbocycles. The van der Waals surface area contributed by atoms with Crippen molar-refractivity contribution in [1.82, 2.24) is 4.90 Å². The second kappa shape index (κ2) is 6.17. The monoisotopic (exact) mass is 188 g/mol. The fourth-order valence-electron chi connectivity index (χ4n) is 1.38. The molecule has 1 aromatic rings. The van der Waals surface area contributed by atoms with Crippen LogP contribution in [0.1, 0.15) is 12.5 Å². The molecule has 0 atom stereocenters. The third-order valence-electron chi connectivity index (χ3n) is 2.30. The molecule has 2 nitrogen and oxygen atoms in total. The Labute approximate surface area is 85.8 Å². The van der Waals surface area contributed by atoms with Gasteiger partial charge in [0, 0.05) is 6.54 Å². The fraction of sp³-hybridized carbons (Fsp3) is 0.417. The van der Waals surface area contributed by atoms with E-state index in [9.17, 15) is 0 Å². The van der Waals surface area contributed by atoms with E-state index in [-0.39, 0.29) is 0 Å². The van der Waals surface area contributed by atoms with Gasteiger partial charge in [0.1, 0.15) is 0 Å². The van der Waals surface area contributed by atoms with Crippen molar-refractivity contribution in [3.63, 3.8) is 0 Å². The molecule has 0 amide bonds. The molecule has 0 saturated heterocycles. The molecule has 0 spiro atoms. The van der Waals surface area contributed by atoms with Gasteiger partial charge in [0.05, 0.1) is 12.6 Å². The summed E-state index contributed by atoms with van der Waals surface area (Å²) in [4.78, 5) is 2.15. The Morgan fingerprint density at radius 1 is 1.29 bits per heavy atom. The highest BCUT2D eigenvalue weighted by atomic mass is 15.1. The predicted molar refractivity (Wildman–Crippen MR) is 57.9 cm³/mol. The van der Waals surface area contributed by atoms with Crippen LogP contribution in [0.5, 0.6) is 0 Å². The van der Waals surface area contributed by atoms with Gasteiger partial charge in [-0.2, -0.15) is 5.26 Å². The predicted octanol–water partition coefficient (Wildman–Crippen LogP) is 2.07. The van der Waals surface area contributed by atoms with Gasteiger partial charge in [0.25, 0.3) is 0 Å². The van der Waals surface area contributed by atoms with Gasteiger partial charge in [-0.3, -0.25) is 4.90 Å². The second-order valence-corrected chi connectivity index (χ2v) is 3.26. The highest BCUT2D eigenvalue weighted by Gasteiger charge is 2.00. The minimum atomic E-state index is 0.531. The van der Waals surface area contributed by atoms with Gasteiger partial charge in [0.2, 0.25) is 0 Å². The minimum Gasteiger partial charge on any atom is -0.291 e. The van der Waals surface area contributed by atoms with Crippen LogP contribution in [0.2, 0.25) is 0 Å². The summed E-state index contributed by atoms with van der Waals surface area (Å²) >= 11 is 0. The third kappa shape index (κ3) is 3.59. The lowest BCUT2D eigenvalue weighted by Gasteiger charge is -2.15. The summed E-state index contributed by atoms with van der Waals surface area (Å²) in [5.74, 6) is 0. The van der Waals surface area contributed by atoms with Gasteiger partial charge < -0.3 is 0 Å². The summed E-state index contributed by atoms with van der Waals surface area (Å²) < 4.78 is 0. The van der Waals surface area contributed by atoms with Gasteiger partial charge >= 0.3 is 0 Å². The Bertz CT molecular complexity index is 287. The molecule has 0 aliphatic carbocycles. The lowest BCUT2D eigenvalue weighted by atomic mass is 10.1. The first-order valence-corrected chi connectivity index (χ1v) is 5.00. The molecule has 2 heteroatoms. The molecule has 0 N–H and O–H groups in total. The number of hydrogen-bond donors (Lipinski definition) is 0. The molecule has 0 aliphatic rings. The van der Waals surface area contributed by atoms with E-state index in [4.69, 9.17) is 5.26 Å². The normalized spacial score (nSPS) is 10.1. The van der Waals surface area contributed by atoms with Crippen LogP contribution in [-0.2, 0) is 6.42 Å². The Kier molecular flexibility index (Phi) is 4.74. The van der Waals surface area contributed by atoms with Crippen molar-refractivity contribution in [2.45, 2.75) is 13.3 Å². The van der Waals surface area contributed by atoms with Crippen molar-refractivity contribution >= 4 is 0 Å². The van der Waals surface area contributed by atoms with Gasteiger partial charge in [-0.15, -0.1) is 0 Å². The number of hydrogen-bond acceptors (Lipinski definition) is 2. The number of likely N-dealkylation sites (N-methyl/N-ethyl adjacent to an activating group) is 1. The summed E-state index contributed by atoms with van der Waals surface area (Å²) in [5, 5.41) is 8.57. The summed E-state index contributed by atoms with van der Waals surface area (Å²) in [5.41, 5.74) is 1.34. The molecule has 0 fully saturated rings. The first-order valence-electron chi connectivity index (χ1n) is 5.00. The first-order chi connectivity index (χ1) is 6.86. The van der Waals surface area contributed by atoms with Crippen LogP contribution in [0.25, 0.3) is 0 Å². The topological polar surface area (TPSA) is 27.0 Å². The average Bonchev–Trinajstić information content (AvgIpc) is 2.25. The van der Waals surface area contributed by atoms with Crippen LogP contribution in [0.4, 0.5) is 0 Å². The summed E-state index contributed by atoms with van der Waals surface area (Å²) in [6.07, 6.45) is 1.02. The lowest BCUT2D eigenvalue weighted by molar-refractivity contribution is 0.327. The zero-order chi connectivity index (χ0) is 10.2. The van der Waals surface area contributed by atoms with Crippen LogP contribution in [0.3, 0.4) is 0 Å². The van der Waals surface area contributed by atoms with E-state index in [1.807, 2.05) is 6.07 Å². The van der Waals surface area contributed by atoms with Crippen LogP contribution in [0.15, 0.2) is 30.3 Å². The van der Waals surface area contributed by atoms with Crippen LogP contribution in [-0.4, -0.2) is 24.5 Å². The van der Waals surface area contributed by atoms with Crippen LogP contribution < -0.4 is 0 Å². The molecule has 14 heavy (non-hydrogen) atoms. The maximum atomic E-state index is 8.57. The summed E-state index contributed by atoms with van der Waals surface area (Å²) in [6, 6.07) is 12.6. The first kappa shape index (κ1) is 10.7. The SMILES string of the molecule is CCN(CC#N)CCc1ccccc1. The molecule has 0 aliphatic heterocycles. The second-order valence-electron chi connectivity index (χ2n) is 3.26. The van der Waals surface area contributed by atoms with E-state index in [0.717, 1.165) is 19.5 Å². The summed E-state index contributed by atoms with van der Waals surface area (Å²) in [6.45, 7) is 4.53. The Morgan fingerprint density at radius 2 is 2.00 bits per heavy atom. The van der Waals surface area contributed by atoms with E-state index in [0.29, 0.717) is 6.54 Å². The van der Waals surface area contributed by atoms with E-state index in [1.54, 1.807) is 0 Å². The van der Waals surface area contributed by atoms with Gasteiger partial charge in [-0.25, -0.2) is 0 Å².